The maximum Gasteiger partial charge on any atom is 0.319 e. The van der Waals surface area contributed by atoms with Crippen LogP contribution in [0, 0.1) is 0 Å². The standard InChI is InChI=1S/C14H14N2O2/c17-13-8-4-5-11(9-13)10-15-14(18)16-12-6-2-1-3-7-12/h1-9,17H,10H2,(H2,15,16,18). The highest BCUT2D eigenvalue weighted by Crippen LogP contribution is 2.10. The van der Waals surface area contributed by atoms with Gasteiger partial charge in [-0.2, -0.15) is 0 Å². The van der Waals surface area contributed by atoms with Crippen LogP contribution in [0.25, 0.3) is 0 Å². The molecule has 3 N–H and O–H groups in total. The average molecular weight is 242 g/mol. The Morgan fingerprint density at radius 2 is 1.83 bits per heavy atom. The molecule has 0 aliphatic heterocycles. The lowest BCUT2D eigenvalue weighted by molar-refractivity contribution is 0.251. The summed E-state index contributed by atoms with van der Waals surface area (Å²) >= 11 is 0. The first-order valence-corrected chi connectivity index (χ1v) is 5.62. The highest BCUT2D eigenvalue weighted by atomic mass is 16.3. The van der Waals surface area contributed by atoms with E-state index in [-0.39, 0.29) is 11.8 Å². The number of anilines is 1. The molecule has 0 bridgehead atoms. The van der Waals surface area contributed by atoms with Crippen LogP contribution in [-0.4, -0.2) is 11.1 Å². The van der Waals surface area contributed by atoms with Gasteiger partial charge in [-0.1, -0.05) is 30.3 Å². The van der Waals surface area contributed by atoms with Crippen molar-refractivity contribution in [3.63, 3.8) is 0 Å². The molecule has 0 aliphatic rings. The number of carbonyl (C=O) groups excluding carboxylic acids is 1. The van der Waals surface area contributed by atoms with Crippen molar-refractivity contribution in [2.24, 2.45) is 0 Å². The molecule has 0 aliphatic carbocycles. The van der Waals surface area contributed by atoms with Crippen molar-refractivity contribution >= 4 is 11.7 Å². The number of nitrogens with one attached hydrogen (secondary N) is 2. The van der Waals surface area contributed by atoms with Gasteiger partial charge in [0, 0.05) is 12.2 Å². The van der Waals surface area contributed by atoms with Gasteiger partial charge in [-0.05, 0) is 29.8 Å². The third-order valence-electron chi connectivity index (χ3n) is 2.40. The van der Waals surface area contributed by atoms with Crippen LogP contribution in [0.4, 0.5) is 10.5 Å². The summed E-state index contributed by atoms with van der Waals surface area (Å²) in [5, 5.41) is 14.7. The minimum absolute atomic E-state index is 0.192. The zero-order valence-electron chi connectivity index (χ0n) is 9.76. The molecule has 0 aromatic heterocycles. The molecule has 18 heavy (non-hydrogen) atoms. The van der Waals surface area contributed by atoms with E-state index in [4.69, 9.17) is 0 Å². The van der Waals surface area contributed by atoms with Crippen LogP contribution in [0.2, 0.25) is 0 Å². The van der Waals surface area contributed by atoms with Crippen molar-refractivity contribution in [1.29, 1.82) is 0 Å². The van der Waals surface area contributed by atoms with Crippen LogP contribution in [0.5, 0.6) is 5.75 Å². The van der Waals surface area contributed by atoms with Gasteiger partial charge in [0.05, 0.1) is 0 Å². The summed E-state index contributed by atoms with van der Waals surface area (Å²) in [6, 6.07) is 15.7. The van der Waals surface area contributed by atoms with Crippen molar-refractivity contribution in [3.8, 4) is 5.75 Å². The first-order chi connectivity index (χ1) is 8.74. The topological polar surface area (TPSA) is 61.4 Å². The van der Waals surface area contributed by atoms with Gasteiger partial charge in [-0.15, -0.1) is 0 Å². The van der Waals surface area contributed by atoms with Gasteiger partial charge in [0.1, 0.15) is 5.75 Å². The molecular formula is C14H14N2O2. The summed E-state index contributed by atoms with van der Waals surface area (Å²) in [6.45, 7) is 0.368. The number of hydrogen-bond donors (Lipinski definition) is 3. The number of para-hydroxylation sites is 1. The zero-order valence-corrected chi connectivity index (χ0v) is 9.76. The molecule has 0 saturated heterocycles. The van der Waals surface area contributed by atoms with Crippen LogP contribution in [-0.2, 0) is 6.54 Å². The maximum atomic E-state index is 11.6. The predicted molar refractivity (Wildman–Crippen MR) is 70.4 cm³/mol. The summed E-state index contributed by atoms with van der Waals surface area (Å²) in [6.07, 6.45) is 0. The normalized spacial score (nSPS) is 9.78. The molecule has 4 heteroatoms. The van der Waals surface area contributed by atoms with E-state index in [1.165, 1.54) is 0 Å². The Morgan fingerprint density at radius 3 is 2.56 bits per heavy atom. The van der Waals surface area contributed by atoms with Crippen LogP contribution in [0.15, 0.2) is 54.6 Å². The highest BCUT2D eigenvalue weighted by molar-refractivity contribution is 5.89. The lowest BCUT2D eigenvalue weighted by atomic mass is 10.2. The van der Waals surface area contributed by atoms with Gasteiger partial charge in [-0.25, -0.2) is 4.79 Å². The number of urea groups is 1. The molecule has 2 rings (SSSR count). The predicted octanol–water partition coefficient (Wildman–Crippen LogP) is 2.71. The maximum absolute atomic E-state index is 11.6. The van der Waals surface area contributed by atoms with Crippen molar-refractivity contribution in [2.75, 3.05) is 5.32 Å². The second-order valence-corrected chi connectivity index (χ2v) is 3.84. The highest BCUT2D eigenvalue weighted by Gasteiger charge is 2.01. The van der Waals surface area contributed by atoms with Crippen LogP contribution < -0.4 is 10.6 Å². The SMILES string of the molecule is O=C(NCc1cccc(O)c1)Nc1ccccc1. The summed E-state index contributed by atoms with van der Waals surface area (Å²) in [7, 11) is 0. The molecule has 0 saturated carbocycles. The Bertz CT molecular complexity index is 526. The van der Waals surface area contributed by atoms with Gasteiger partial charge in [0.25, 0.3) is 0 Å². The molecule has 2 amide bonds. The minimum Gasteiger partial charge on any atom is -0.508 e. The molecule has 2 aromatic rings. The number of phenolic OH excluding ortho intramolecular Hbond substituents is 1. The number of benzene rings is 2. The van der Waals surface area contributed by atoms with Gasteiger partial charge in [-0.3, -0.25) is 0 Å². The van der Waals surface area contributed by atoms with Gasteiger partial charge < -0.3 is 15.7 Å². The van der Waals surface area contributed by atoms with Gasteiger partial charge in [0.2, 0.25) is 0 Å². The van der Waals surface area contributed by atoms with E-state index >= 15 is 0 Å². The van der Waals surface area contributed by atoms with E-state index in [9.17, 15) is 9.90 Å². The van der Waals surface area contributed by atoms with Crippen molar-refractivity contribution in [2.45, 2.75) is 6.54 Å². The first kappa shape index (κ1) is 12.0. The van der Waals surface area contributed by atoms with E-state index in [1.807, 2.05) is 36.4 Å². The van der Waals surface area contributed by atoms with E-state index in [1.54, 1.807) is 18.2 Å². The number of phenols is 1. The second-order valence-electron chi connectivity index (χ2n) is 3.84. The Labute approximate surface area is 105 Å². The molecule has 0 atom stereocenters. The fraction of sp³-hybridized carbons (Fsp3) is 0.0714. The largest absolute Gasteiger partial charge is 0.508 e. The first-order valence-electron chi connectivity index (χ1n) is 5.62. The van der Waals surface area contributed by atoms with Gasteiger partial charge in [0.15, 0.2) is 0 Å². The molecule has 4 nitrogen and oxygen atoms in total. The summed E-state index contributed by atoms with van der Waals surface area (Å²) < 4.78 is 0. The lowest BCUT2D eigenvalue weighted by Crippen LogP contribution is -2.28. The molecule has 0 spiro atoms. The van der Waals surface area contributed by atoms with Crippen LogP contribution in [0.3, 0.4) is 0 Å². The van der Waals surface area contributed by atoms with Crippen molar-refractivity contribution in [1.82, 2.24) is 5.32 Å². The number of carbonyl (C=O) groups is 1. The van der Waals surface area contributed by atoms with E-state index in [2.05, 4.69) is 10.6 Å². The smallest absolute Gasteiger partial charge is 0.319 e. The minimum atomic E-state index is -0.274. The molecule has 2 aromatic carbocycles. The molecule has 0 heterocycles. The van der Waals surface area contributed by atoms with Crippen molar-refractivity contribution in [3.05, 3.63) is 60.2 Å². The van der Waals surface area contributed by atoms with Gasteiger partial charge >= 0.3 is 6.03 Å². The number of rotatable bonds is 3. The molecular weight excluding hydrogens is 228 g/mol. The Kier molecular flexibility index (Phi) is 3.81. The number of aromatic hydroxyl groups is 1. The van der Waals surface area contributed by atoms with E-state index in [0.29, 0.717) is 6.54 Å². The quantitative estimate of drug-likeness (QED) is 0.775. The lowest BCUT2D eigenvalue weighted by Gasteiger charge is -2.07. The second kappa shape index (κ2) is 5.72. The Morgan fingerprint density at radius 1 is 1.06 bits per heavy atom. The Hall–Kier alpha value is -2.49. The Balaban J connectivity index is 1.85. The zero-order chi connectivity index (χ0) is 12.8. The van der Waals surface area contributed by atoms with Crippen LogP contribution in [0.1, 0.15) is 5.56 Å². The molecule has 0 radical (unpaired) electrons. The summed E-state index contributed by atoms with van der Waals surface area (Å²) in [5.41, 5.74) is 1.59. The monoisotopic (exact) mass is 242 g/mol. The number of amides is 2. The average Bonchev–Trinajstić information content (AvgIpc) is 2.38. The van der Waals surface area contributed by atoms with Crippen LogP contribution >= 0.6 is 0 Å². The third kappa shape index (κ3) is 3.52. The van der Waals surface area contributed by atoms with Crippen molar-refractivity contribution < 1.29 is 9.90 Å². The molecule has 92 valence electrons. The fourth-order valence-electron chi connectivity index (χ4n) is 1.55. The van der Waals surface area contributed by atoms with E-state index < -0.39 is 0 Å². The molecule has 0 unspecified atom stereocenters. The number of hydrogen-bond acceptors (Lipinski definition) is 2. The fourth-order valence-corrected chi connectivity index (χ4v) is 1.55. The van der Waals surface area contributed by atoms with E-state index in [0.717, 1.165) is 11.3 Å². The summed E-state index contributed by atoms with van der Waals surface area (Å²) in [4.78, 5) is 11.6. The third-order valence-corrected chi connectivity index (χ3v) is 2.40. The summed E-state index contributed by atoms with van der Waals surface area (Å²) in [5.74, 6) is 0.192. The molecule has 0 fully saturated rings.